The van der Waals surface area contributed by atoms with Crippen molar-refractivity contribution in [1.29, 1.82) is 0 Å². The van der Waals surface area contributed by atoms with Gasteiger partial charge in [0.25, 0.3) is 0 Å². The number of carbonyl (C=O) groups excluding carboxylic acids is 2. The van der Waals surface area contributed by atoms with E-state index < -0.39 is 93.2 Å². The maximum absolute atomic E-state index is 14.1. The zero-order chi connectivity index (χ0) is 38.2. The second-order valence-corrected chi connectivity index (χ2v) is 15.0. The molecule has 0 bridgehead atoms. The molecule has 2 aliphatic rings. The second-order valence-electron chi connectivity index (χ2n) is 12.3. The SMILES string of the molecule is CO[C@H]1C[SH]([C@@H]2COC[C@H](n3cc(-c4cnc(C(F)(F)F)nc4)nn3)[C@H]2O)[C@H](COC(C)=O)[C@H](OC(C)=O)[C@H]1n1cc(-c2cc(F)c(F)c(F)c2)nn1. The van der Waals surface area contributed by atoms with E-state index in [1.54, 1.807) is 0 Å². The molecule has 0 amide bonds. The lowest BCUT2D eigenvalue weighted by Gasteiger charge is -2.52. The number of hydrogen-bond acceptors (Lipinski definition) is 13. The number of aliphatic hydroxyl groups is 1. The Morgan fingerprint density at radius 2 is 1.58 bits per heavy atom. The fourth-order valence-corrected chi connectivity index (χ4v) is 10.0. The number of carbonyl (C=O) groups is 2. The topological polar surface area (TPSA) is 178 Å². The molecule has 2 aliphatic heterocycles. The second kappa shape index (κ2) is 15.4. The van der Waals surface area contributed by atoms with Crippen LogP contribution in [0, 0.1) is 17.5 Å². The Hall–Kier alpha value is -4.67. The Balaban J connectivity index is 1.31. The Kier molecular flexibility index (Phi) is 11.0. The first kappa shape index (κ1) is 38.1. The zero-order valence-corrected chi connectivity index (χ0v) is 28.9. The summed E-state index contributed by atoms with van der Waals surface area (Å²) in [5.74, 6) is -6.96. The number of benzene rings is 1. The molecule has 1 aromatic carbocycles. The van der Waals surface area contributed by atoms with Crippen molar-refractivity contribution in [2.75, 3.05) is 32.7 Å². The third-order valence-corrected chi connectivity index (χ3v) is 12.3. The van der Waals surface area contributed by atoms with E-state index in [1.807, 2.05) is 0 Å². The molecule has 6 rings (SSSR count). The molecule has 0 aliphatic carbocycles. The molecule has 2 saturated heterocycles. The zero-order valence-electron chi connectivity index (χ0n) is 28.0. The molecule has 0 spiro atoms. The molecule has 1 unspecified atom stereocenters. The fraction of sp³-hybridized carbons (Fsp3) is 0.484. The van der Waals surface area contributed by atoms with Crippen LogP contribution in [0.5, 0.6) is 0 Å². The maximum atomic E-state index is 14.1. The molecule has 8 atom stereocenters. The van der Waals surface area contributed by atoms with Crippen molar-refractivity contribution in [3.8, 4) is 22.5 Å². The summed E-state index contributed by atoms with van der Waals surface area (Å²) in [7, 11) is -0.112. The number of aromatic nitrogens is 8. The summed E-state index contributed by atoms with van der Waals surface area (Å²) < 4.78 is 106. The Bertz CT molecular complexity index is 1930. The number of methoxy groups -OCH3 is 1. The molecule has 0 radical (unpaired) electrons. The highest BCUT2D eigenvalue weighted by atomic mass is 32.2. The normalized spacial score (nSPS) is 27.0. The van der Waals surface area contributed by atoms with E-state index >= 15 is 0 Å². The van der Waals surface area contributed by atoms with E-state index in [2.05, 4.69) is 30.6 Å². The van der Waals surface area contributed by atoms with E-state index in [0.29, 0.717) is 0 Å². The third kappa shape index (κ3) is 7.99. The van der Waals surface area contributed by atoms with Crippen LogP contribution in [0.2, 0.25) is 0 Å². The number of rotatable bonds is 9. The van der Waals surface area contributed by atoms with Gasteiger partial charge in [-0.3, -0.25) is 9.59 Å². The van der Waals surface area contributed by atoms with Gasteiger partial charge < -0.3 is 24.1 Å². The van der Waals surface area contributed by atoms with Crippen LogP contribution in [-0.4, -0.2) is 118 Å². The molecule has 5 heterocycles. The lowest BCUT2D eigenvalue weighted by atomic mass is 10.0. The maximum Gasteiger partial charge on any atom is 0.451 e. The monoisotopic (exact) mass is 774 g/mol. The molecule has 1 N–H and O–H groups in total. The quantitative estimate of drug-likeness (QED) is 0.110. The average molecular weight is 775 g/mol. The summed E-state index contributed by atoms with van der Waals surface area (Å²) >= 11 is 0. The number of esters is 2. The number of hydrogen-bond donors (Lipinski definition) is 2. The van der Waals surface area contributed by atoms with Crippen LogP contribution in [0.15, 0.2) is 36.9 Å². The van der Waals surface area contributed by atoms with Crippen molar-refractivity contribution in [3.63, 3.8) is 0 Å². The standard InChI is InChI=1S/C31H32F6N8O7S/c1-14(46)51-12-25-29(52-15(2)47)27(45-9-20(40-43-45)16-4-18(32)26(34)19(33)5-16)23(49-3)13-53(25)24-11-50-10-22(28(24)48)44-8-21(41-42-44)17-6-38-30(39-7-17)31(35,36)37/h4-9,22-25,27-29,48,53H,10-13H2,1-3H3/t22-,23-,24+,25+,27-,28+,29-/m0/s1. The number of nitrogens with zero attached hydrogens (tertiary/aromatic N) is 8. The van der Waals surface area contributed by atoms with Crippen LogP contribution < -0.4 is 0 Å². The molecule has 15 nitrogen and oxygen atoms in total. The Morgan fingerprint density at radius 3 is 2.19 bits per heavy atom. The fourth-order valence-electron chi connectivity index (χ4n) is 6.45. The van der Waals surface area contributed by atoms with Crippen LogP contribution in [0.1, 0.15) is 31.8 Å². The van der Waals surface area contributed by atoms with Gasteiger partial charge in [-0.05, 0) is 12.1 Å². The molecule has 286 valence electrons. The Morgan fingerprint density at radius 1 is 0.962 bits per heavy atom. The van der Waals surface area contributed by atoms with Crippen LogP contribution in [0.25, 0.3) is 22.5 Å². The van der Waals surface area contributed by atoms with Gasteiger partial charge in [-0.1, -0.05) is 10.4 Å². The van der Waals surface area contributed by atoms with Crippen molar-refractivity contribution in [3.05, 3.63) is 60.2 Å². The minimum Gasteiger partial charge on any atom is -0.465 e. The number of thiol groups is 1. The predicted molar refractivity (Wildman–Crippen MR) is 171 cm³/mol. The summed E-state index contributed by atoms with van der Waals surface area (Å²) in [4.78, 5) is 31.4. The average Bonchev–Trinajstić information content (AvgIpc) is 3.80. The highest BCUT2D eigenvalue weighted by Gasteiger charge is 2.52. The minimum absolute atomic E-state index is 0.0161. The van der Waals surface area contributed by atoms with E-state index in [4.69, 9.17) is 18.9 Å². The molecule has 0 saturated carbocycles. The van der Waals surface area contributed by atoms with Crippen molar-refractivity contribution >= 4 is 22.8 Å². The van der Waals surface area contributed by atoms with Crippen molar-refractivity contribution < 1.29 is 60.0 Å². The summed E-state index contributed by atoms with van der Waals surface area (Å²) in [6.45, 7) is 2.14. The lowest BCUT2D eigenvalue weighted by Crippen LogP contribution is -2.57. The first-order valence-electron chi connectivity index (χ1n) is 15.9. The molecule has 4 aromatic rings. The number of ether oxygens (including phenoxy) is 4. The molecule has 2 fully saturated rings. The van der Waals surface area contributed by atoms with Gasteiger partial charge in [-0.25, -0.2) is 43.4 Å². The molecular formula is C31H32F6N8O7S. The van der Waals surface area contributed by atoms with Gasteiger partial charge in [0.1, 0.15) is 36.2 Å². The van der Waals surface area contributed by atoms with E-state index in [9.17, 15) is 41.0 Å². The smallest absolute Gasteiger partial charge is 0.451 e. The summed E-state index contributed by atoms with van der Waals surface area (Å²) in [5.41, 5.74) is 0.141. The van der Waals surface area contributed by atoms with Gasteiger partial charge in [0.05, 0.1) is 43.1 Å². The van der Waals surface area contributed by atoms with Crippen LogP contribution in [0.3, 0.4) is 0 Å². The van der Waals surface area contributed by atoms with Gasteiger partial charge in [-0.15, -0.1) is 10.2 Å². The number of aliphatic hydroxyl groups excluding tert-OH is 1. The van der Waals surface area contributed by atoms with Gasteiger partial charge in [0, 0.05) is 55.5 Å². The summed E-state index contributed by atoms with van der Waals surface area (Å²) in [6.07, 6.45) is -3.14. The van der Waals surface area contributed by atoms with Crippen LogP contribution in [-0.2, 0) is 34.7 Å². The van der Waals surface area contributed by atoms with E-state index in [0.717, 1.165) is 24.5 Å². The van der Waals surface area contributed by atoms with E-state index in [1.165, 1.54) is 42.7 Å². The number of alkyl halides is 3. The molecule has 22 heteroatoms. The molecular weight excluding hydrogens is 742 g/mol. The van der Waals surface area contributed by atoms with Crippen molar-refractivity contribution in [2.24, 2.45) is 0 Å². The first-order valence-corrected chi connectivity index (χ1v) is 17.6. The van der Waals surface area contributed by atoms with Gasteiger partial charge in [-0.2, -0.15) is 13.2 Å². The third-order valence-electron chi connectivity index (χ3n) is 8.91. The van der Waals surface area contributed by atoms with Crippen LogP contribution >= 0.6 is 10.9 Å². The lowest BCUT2D eigenvalue weighted by molar-refractivity contribution is -0.154. The van der Waals surface area contributed by atoms with Crippen molar-refractivity contribution in [1.82, 2.24) is 40.0 Å². The molecule has 53 heavy (non-hydrogen) atoms. The summed E-state index contributed by atoms with van der Waals surface area (Å²) in [5, 5.41) is 26.7. The van der Waals surface area contributed by atoms with Gasteiger partial charge >= 0.3 is 18.1 Å². The highest BCUT2D eigenvalue weighted by Crippen LogP contribution is 2.52. The highest BCUT2D eigenvalue weighted by molar-refractivity contribution is 8.18. The largest absolute Gasteiger partial charge is 0.465 e. The predicted octanol–water partition coefficient (Wildman–Crippen LogP) is 2.87. The van der Waals surface area contributed by atoms with Crippen molar-refractivity contribution in [2.45, 2.75) is 60.9 Å². The minimum atomic E-state index is -4.73. The molecule has 3 aromatic heterocycles. The number of halogens is 6. The van der Waals surface area contributed by atoms with Gasteiger partial charge in [0.2, 0.25) is 5.82 Å². The van der Waals surface area contributed by atoms with Gasteiger partial charge in [0.15, 0.2) is 17.5 Å². The van der Waals surface area contributed by atoms with Crippen LogP contribution in [0.4, 0.5) is 26.3 Å². The first-order chi connectivity index (χ1) is 25.2. The summed E-state index contributed by atoms with van der Waals surface area (Å²) in [6, 6.07) is -0.253. The van der Waals surface area contributed by atoms with E-state index in [-0.39, 0.29) is 48.1 Å². The Labute approximate surface area is 298 Å².